The molecule has 0 spiro atoms. The van der Waals surface area contributed by atoms with E-state index in [-0.39, 0.29) is 0 Å². The maximum atomic E-state index is 10.3. The Morgan fingerprint density at radius 3 is 2.70 bits per heavy atom. The quantitative estimate of drug-likeness (QED) is 0.876. The standard InChI is InChI=1S/C17H21NO2/c1-3-13-8-9-15(18-12-13)11-17(19)14-6-5-7-16(10-14)20-4-2/h5-10,12,17,19H,3-4,11H2,1-2H3. The van der Waals surface area contributed by atoms with Gasteiger partial charge < -0.3 is 9.84 Å². The van der Waals surface area contributed by atoms with E-state index in [4.69, 9.17) is 4.74 Å². The SMILES string of the molecule is CCOc1cccc(C(O)Cc2ccc(CC)cn2)c1. The van der Waals surface area contributed by atoms with Crippen molar-refractivity contribution in [3.05, 3.63) is 59.4 Å². The van der Waals surface area contributed by atoms with Crippen molar-refractivity contribution in [1.29, 1.82) is 0 Å². The Hall–Kier alpha value is -1.87. The molecule has 20 heavy (non-hydrogen) atoms. The zero-order chi connectivity index (χ0) is 14.4. The Kier molecular flexibility index (Phi) is 5.13. The molecule has 0 fully saturated rings. The zero-order valence-corrected chi connectivity index (χ0v) is 12.0. The van der Waals surface area contributed by atoms with Gasteiger partial charge >= 0.3 is 0 Å². The van der Waals surface area contributed by atoms with Gasteiger partial charge in [-0.15, -0.1) is 0 Å². The first-order valence-corrected chi connectivity index (χ1v) is 7.07. The maximum Gasteiger partial charge on any atom is 0.119 e. The number of rotatable bonds is 6. The van der Waals surface area contributed by atoms with Gasteiger partial charge in [-0.2, -0.15) is 0 Å². The number of aliphatic hydroxyl groups excluding tert-OH is 1. The number of hydrogen-bond donors (Lipinski definition) is 1. The van der Waals surface area contributed by atoms with Gasteiger partial charge in [0.15, 0.2) is 0 Å². The summed E-state index contributed by atoms with van der Waals surface area (Å²) in [5.74, 6) is 0.790. The highest BCUT2D eigenvalue weighted by molar-refractivity contribution is 5.30. The second-order valence-corrected chi connectivity index (χ2v) is 4.74. The molecule has 0 amide bonds. The first-order valence-electron chi connectivity index (χ1n) is 7.07. The molecule has 0 aliphatic rings. The molecule has 1 N–H and O–H groups in total. The Balaban J connectivity index is 2.06. The lowest BCUT2D eigenvalue weighted by molar-refractivity contribution is 0.176. The second kappa shape index (κ2) is 7.06. The number of aromatic nitrogens is 1. The van der Waals surface area contributed by atoms with E-state index >= 15 is 0 Å². The lowest BCUT2D eigenvalue weighted by Gasteiger charge is -2.12. The Morgan fingerprint density at radius 1 is 1.20 bits per heavy atom. The molecule has 0 aliphatic heterocycles. The van der Waals surface area contributed by atoms with E-state index in [1.54, 1.807) is 0 Å². The molecule has 0 bridgehead atoms. The molecule has 0 radical (unpaired) electrons. The molecule has 3 heteroatoms. The molecule has 3 nitrogen and oxygen atoms in total. The van der Waals surface area contributed by atoms with Crippen LogP contribution < -0.4 is 4.74 Å². The van der Waals surface area contributed by atoms with Gasteiger partial charge in [-0.1, -0.05) is 25.1 Å². The summed E-state index contributed by atoms with van der Waals surface area (Å²) in [7, 11) is 0. The third-order valence-electron chi connectivity index (χ3n) is 3.25. The molecule has 0 aliphatic carbocycles. The molecule has 1 aromatic heterocycles. The van der Waals surface area contributed by atoms with Gasteiger partial charge in [0, 0.05) is 18.3 Å². The number of benzene rings is 1. The predicted molar refractivity (Wildman–Crippen MR) is 79.9 cm³/mol. The number of ether oxygens (including phenoxy) is 1. The molecule has 1 aromatic carbocycles. The third-order valence-corrected chi connectivity index (χ3v) is 3.25. The molecule has 1 heterocycles. The van der Waals surface area contributed by atoms with Gasteiger partial charge in [-0.3, -0.25) is 4.98 Å². The fourth-order valence-electron chi connectivity index (χ4n) is 2.08. The van der Waals surface area contributed by atoms with Crippen molar-refractivity contribution in [2.24, 2.45) is 0 Å². The molecule has 1 unspecified atom stereocenters. The summed E-state index contributed by atoms with van der Waals surface area (Å²) in [5, 5.41) is 10.3. The number of aryl methyl sites for hydroxylation is 1. The number of nitrogens with zero attached hydrogens (tertiary/aromatic N) is 1. The van der Waals surface area contributed by atoms with Crippen molar-refractivity contribution >= 4 is 0 Å². The fourth-order valence-corrected chi connectivity index (χ4v) is 2.08. The van der Waals surface area contributed by atoms with Crippen LogP contribution in [0, 0.1) is 0 Å². The first-order chi connectivity index (χ1) is 9.72. The van der Waals surface area contributed by atoms with Gasteiger partial charge in [0.05, 0.1) is 12.7 Å². The average molecular weight is 271 g/mol. The molecule has 106 valence electrons. The first kappa shape index (κ1) is 14.5. The third kappa shape index (κ3) is 3.81. The monoisotopic (exact) mass is 271 g/mol. The maximum absolute atomic E-state index is 10.3. The van der Waals surface area contributed by atoms with E-state index in [2.05, 4.69) is 18.0 Å². The van der Waals surface area contributed by atoms with E-state index in [0.717, 1.165) is 23.4 Å². The van der Waals surface area contributed by atoms with E-state index < -0.39 is 6.10 Å². The van der Waals surface area contributed by atoms with Gasteiger partial charge in [0.2, 0.25) is 0 Å². The van der Waals surface area contributed by atoms with Crippen LogP contribution in [-0.4, -0.2) is 16.7 Å². The highest BCUT2D eigenvalue weighted by Crippen LogP contribution is 2.22. The Morgan fingerprint density at radius 2 is 2.05 bits per heavy atom. The summed E-state index contributed by atoms with van der Waals surface area (Å²) in [6.07, 6.45) is 2.81. The number of aliphatic hydroxyl groups is 1. The molecular weight excluding hydrogens is 250 g/mol. The van der Waals surface area contributed by atoms with E-state index in [1.165, 1.54) is 5.56 Å². The van der Waals surface area contributed by atoms with Crippen LogP contribution in [0.25, 0.3) is 0 Å². The van der Waals surface area contributed by atoms with Crippen LogP contribution in [0.15, 0.2) is 42.6 Å². The van der Waals surface area contributed by atoms with Crippen molar-refractivity contribution in [1.82, 2.24) is 4.98 Å². The molecule has 2 rings (SSSR count). The minimum Gasteiger partial charge on any atom is -0.494 e. The van der Waals surface area contributed by atoms with Crippen molar-refractivity contribution in [3.63, 3.8) is 0 Å². The van der Waals surface area contributed by atoms with Crippen LogP contribution in [0.1, 0.15) is 36.8 Å². The number of pyridine rings is 1. The lowest BCUT2D eigenvalue weighted by atomic mass is 10.0. The summed E-state index contributed by atoms with van der Waals surface area (Å²) >= 11 is 0. The van der Waals surface area contributed by atoms with Crippen LogP contribution in [-0.2, 0) is 12.8 Å². The Bertz CT molecular complexity index is 537. The summed E-state index contributed by atoms with van der Waals surface area (Å²) in [6.45, 7) is 4.67. The normalized spacial score (nSPS) is 12.2. The zero-order valence-electron chi connectivity index (χ0n) is 12.0. The smallest absolute Gasteiger partial charge is 0.119 e. The van der Waals surface area contributed by atoms with Crippen molar-refractivity contribution in [2.75, 3.05) is 6.61 Å². The van der Waals surface area contributed by atoms with Crippen LogP contribution >= 0.6 is 0 Å². The van der Waals surface area contributed by atoms with Crippen LogP contribution in [0.2, 0.25) is 0 Å². The van der Waals surface area contributed by atoms with Crippen molar-refractivity contribution in [2.45, 2.75) is 32.8 Å². The Labute approximate surface area is 120 Å². The molecule has 0 saturated heterocycles. The van der Waals surface area contributed by atoms with E-state index in [9.17, 15) is 5.11 Å². The van der Waals surface area contributed by atoms with Gasteiger partial charge in [0.25, 0.3) is 0 Å². The highest BCUT2D eigenvalue weighted by atomic mass is 16.5. The van der Waals surface area contributed by atoms with E-state index in [0.29, 0.717) is 13.0 Å². The average Bonchev–Trinajstić information content (AvgIpc) is 2.48. The predicted octanol–water partition coefficient (Wildman–Crippen LogP) is 3.32. The molecule has 2 aromatic rings. The minimum atomic E-state index is -0.560. The molecule has 0 saturated carbocycles. The fraction of sp³-hybridized carbons (Fsp3) is 0.353. The molecular formula is C17H21NO2. The minimum absolute atomic E-state index is 0.513. The van der Waals surface area contributed by atoms with Gasteiger partial charge in [-0.25, -0.2) is 0 Å². The van der Waals surface area contributed by atoms with E-state index in [1.807, 2.05) is 43.5 Å². The van der Waals surface area contributed by atoms with Gasteiger partial charge in [0.1, 0.15) is 5.75 Å². The second-order valence-electron chi connectivity index (χ2n) is 4.74. The van der Waals surface area contributed by atoms with Crippen LogP contribution in [0.5, 0.6) is 5.75 Å². The lowest BCUT2D eigenvalue weighted by Crippen LogP contribution is -2.04. The molecule has 1 atom stereocenters. The van der Waals surface area contributed by atoms with Crippen molar-refractivity contribution in [3.8, 4) is 5.75 Å². The van der Waals surface area contributed by atoms with Crippen LogP contribution in [0.4, 0.5) is 0 Å². The summed E-state index contributed by atoms with van der Waals surface area (Å²) in [6, 6.07) is 11.6. The number of hydrogen-bond acceptors (Lipinski definition) is 3. The largest absolute Gasteiger partial charge is 0.494 e. The highest BCUT2D eigenvalue weighted by Gasteiger charge is 2.10. The summed E-state index contributed by atoms with van der Waals surface area (Å²) < 4.78 is 5.45. The van der Waals surface area contributed by atoms with Gasteiger partial charge in [-0.05, 0) is 42.7 Å². The topological polar surface area (TPSA) is 42.4 Å². The van der Waals surface area contributed by atoms with Crippen molar-refractivity contribution < 1.29 is 9.84 Å². The summed E-state index contributed by atoms with van der Waals surface area (Å²) in [5.41, 5.74) is 2.97. The van der Waals surface area contributed by atoms with Crippen LogP contribution in [0.3, 0.4) is 0 Å². The summed E-state index contributed by atoms with van der Waals surface area (Å²) in [4.78, 5) is 4.38.